The van der Waals surface area contributed by atoms with Crippen LogP contribution in [0.3, 0.4) is 0 Å². The average molecular weight is 374 g/mol. The van der Waals surface area contributed by atoms with Gasteiger partial charge in [0.2, 0.25) is 5.91 Å². The van der Waals surface area contributed by atoms with Gasteiger partial charge >= 0.3 is 0 Å². The lowest BCUT2D eigenvalue weighted by atomic mass is 9.93. The van der Waals surface area contributed by atoms with Gasteiger partial charge in [0.05, 0.1) is 13.2 Å². The zero-order valence-electron chi connectivity index (χ0n) is 16.2. The molecule has 2 aromatic rings. The summed E-state index contributed by atoms with van der Waals surface area (Å²) >= 11 is 5.89. The van der Waals surface area contributed by atoms with Crippen molar-refractivity contribution in [2.75, 3.05) is 7.11 Å². The highest BCUT2D eigenvalue weighted by atomic mass is 35.5. The molecule has 0 aromatic heterocycles. The molecule has 0 heterocycles. The van der Waals surface area contributed by atoms with Crippen LogP contribution in [0.25, 0.3) is 0 Å². The molecule has 3 nitrogen and oxygen atoms in total. The molecule has 0 aliphatic rings. The number of carbonyl (C=O) groups excluding carboxylic acids is 1. The average Bonchev–Trinajstić information content (AvgIpc) is 2.60. The van der Waals surface area contributed by atoms with Crippen molar-refractivity contribution in [3.8, 4) is 5.75 Å². The van der Waals surface area contributed by atoms with Gasteiger partial charge in [-0.3, -0.25) is 4.79 Å². The topological polar surface area (TPSA) is 38.3 Å². The van der Waals surface area contributed by atoms with Crippen molar-refractivity contribution in [3.63, 3.8) is 0 Å². The summed E-state index contributed by atoms with van der Waals surface area (Å²) in [6.45, 7) is 8.37. The summed E-state index contributed by atoms with van der Waals surface area (Å²) in [5.41, 5.74) is 4.53. The van der Waals surface area contributed by atoms with Crippen molar-refractivity contribution >= 4 is 17.5 Å². The van der Waals surface area contributed by atoms with Gasteiger partial charge < -0.3 is 10.1 Å². The van der Waals surface area contributed by atoms with Crippen molar-refractivity contribution in [2.45, 2.75) is 52.5 Å². The van der Waals surface area contributed by atoms with E-state index in [0.717, 1.165) is 28.0 Å². The van der Waals surface area contributed by atoms with Gasteiger partial charge in [-0.2, -0.15) is 0 Å². The Kier molecular flexibility index (Phi) is 7.10. The highest BCUT2D eigenvalue weighted by molar-refractivity contribution is 6.30. The van der Waals surface area contributed by atoms with E-state index in [4.69, 9.17) is 16.3 Å². The first-order valence-corrected chi connectivity index (χ1v) is 9.41. The molecule has 2 aromatic carbocycles. The smallest absolute Gasteiger partial charge is 0.220 e. The predicted octanol–water partition coefficient (Wildman–Crippen LogP) is 5.59. The quantitative estimate of drug-likeness (QED) is 0.686. The van der Waals surface area contributed by atoms with E-state index in [9.17, 15) is 4.79 Å². The lowest BCUT2D eigenvalue weighted by Crippen LogP contribution is -2.27. The molecule has 0 fully saturated rings. The molecule has 1 amide bonds. The minimum absolute atomic E-state index is 0.0453. The van der Waals surface area contributed by atoms with Gasteiger partial charge in [0.1, 0.15) is 5.75 Å². The van der Waals surface area contributed by atoms with Gasteiger partial charge in [0.25, 0.3) is 0 Å². The van der Waals surface area contributed by atoms with Crippen LogP contribution in [0.5, 0.6) is 5.75 Å². The van der Waals surface area contributed by atoms with Gasteiger partial charge in [0.15, 0.2) is 0 Å². The first kappa shape index (κ1) is 20.3. The van der Waals surface area contributed by atoms with Gasteiger partial charge in [-0.1, -0.05) is 37.6 Å². The Labute approximate surface area is 161 Å². The normalized spacial score (nSPS) is 12.1. The Morgan fingerprint density at radius 1 is 1.12 bits per heavy atom. The van der Waals surface area contributed by atoms with Crippen LogP contribution in [0.2, 0.25) is 5.02 Å². The SMILES string of the molecule is COc1cc(C)c(C(C)NC(=O)CCc2ccc(Cl)cc2)cc1C(C)C. The molecular formula is C22H28ClNO2. The Balaban J connectivity index is 2.04. The lowest BCUT2D eigenvalue weighted by Gasteiger charge is -2.21. The fourth-order valence-electron chi connectivity index (χ4n) is 3.11. The Hall–Kier alpha value is -2.00. The molecule has 0 saturated heterocycles. The Bertz CT molecular complexity index is 753. The number of aryl methyl sites for hydroxylation is 2. The van der Waals surface area contributed by atoms with Crippen molar-refractivity contribution < 1.29 is 9.53 Å². The van der Waals surface area contributed by atoms with Gasteiger partial charge in [-0.15, -0.1) is 0 Å². The Morgan fingerprint density at radius 3 is 2.35 bits per heavy atom. The number of rotatable bonds is 7. The lowest BCUT2D eigenvalue weighted by molar-refractivity contribution is -0.121. The second-order valence-electron chi connectivity index (χ2n) is 7.02. The van der Waals surface area contributed by atoms with E-state index in [1.165, 1.54) is 0 Å². The van der Waals surface area contributed by atoms with Crippen LogP contribution in [-0.2, 0) is 11.2 Å². The number of benzene rings is 2. The number of nitrogens with one attached hydrogen (secondary N) is 1. The zero-order chi connectivity index (χ0) is 19.3. The summed E-state index contributed by atoms with van der Waals surface area (Å²) in [6, 6.07) is 11.8. The summed E-state index contributed by atoms with van der Waals surface area (Å²) in [5.74, 6) is 1.31. The largest absolute Gasteiger partial charge is 0.496 e. The second-order valence-corrected chi connectivity index (χ2v) is 7.46. The van der Waals surface area contributed by atoms with Crippen molar-refractivity contribution in [1.29, 1.82) is 0 Å². The predicted molar refractivity (Wildman–Crippen MR) is 108 cm³/mol. The molecule has 4 heteroatoms. The molecule has 0 aliphatic heterocycles. The highest BCUT2D eigenvalue weighted by Gasteiger charge is 2.16. The number of amides is 1. The van der Waals surface area contributed by atoms with Gasteiger partial charge in [-0.05, 0) is 72.7 Å². The fraction of sp³-hybridized carbons (Fsp3) is 0.409. The van der Waals surface area contributed by atoms with E-state index in [1.54, 1.807) is 7.11 Å². The molecule has 0 aliphatic carbocycles. The summed E-state index contributed by atoms with van der Waals surface area (Å²) < 4.78 is 5.50. The number of hydrogen-bond acceptors (Lipinski definition) is 2. The third-order valence-corrected chi connectivity index (χ3v) is 4.89. The minimum Gasteiger partial charge on any atom is -0.496 e. The highest BCUT2D eigenvalue weighted by Crippen LogP contribution is 2.32. The molecule has 0 saturated carbocycles. The van der Waals surface area contributed by atoms with Crippen LogP contribution < -0.4 is 10.1 Å². The maximum absolute atomic E-state index is 12.4. The number of carbonyl (C=O) groups is 1. The van der Waals surface area contributed by atoms with E-state index in [2.05, 4.69) is 38.2 Å². The molecule has 26 heavy (non-hydrogen) atoms. The maximum atomic E-state index is 12.4. The molecule has 0 bridgehead atoms. The molecule has 1 N–H and O–H groups in total. The first-order chi connectivity index (χ1) is 12.3. The molecule has 140 valence electrons. The van der Waals surface area contributed by atoms with Gasteiger partial charge in [0, 0.05) is 11.4 Å². The van der Waals surface area contributed by atoms with Crippen molar-refractivity contribution in [2.24, 2.45) is 0 Å². The Morgan fingerprint density at radius 2 is 1.77 bits per heavy atom. The van der Waals surface area contributed by atoms with Crippen LogP contribution in [-0.4, -0.2) is 13.0 Å². The molecule has 1 unspecified atom stereocenters. The van der Waals surface area contributed by atoms with E-state index in [1.807, 2.05) is 31.2 Å². The van der Waals surface area contributed by atoms with Crippen LogP contribution in [0.1, 0.15) is 61.4 Å². The fourth-order valence-corrected chi connectivity index (χ4v) is 3.24. The zero-order valence-corrected chi connectivity index (χ0v) is 17.0. The van der Waals surface area contributed by atoms with Crippen molar-refractivity contribution in [3.05, 3.63) is 63.7 Å². The van der Waals surface area contributed by atoms with E-state index >= 15 is 0 Å². The van der Waals surface area contributed by atoms with Crippen LogP contribution >= 0.6 is 11.6 Å². The van der Waals surface area contributed by atoms with E-state index in [0.29, 0.717) is 23.8 Å². The monoisotopic (exact) mass is 373 g/mol. The number of halogens is 1. The third-order valence-electron chi connectivity index (χ3n) is 4.64. The molecule has 0 spiro atoms. The van der Waals surface area contributed by atoms with Crippen molar-refractivity contribution in [1.82, 2.24) is 5.32 Å². The van der Waals surface area contributed by atoms with E-state index < -0.39 is 0 Å². The molecule has 1 atom stereocenters. The third kappa shape index (κ3) is 5.25. The number of methoxy groups -OCH3 is 1. The standard InChI is InChI=1S/C22H28ClNO2/c1-14(2)19-13-20(15(3)12-21(19)26-5)16(4)24-22(25)11-8-17-6-9-18(23)10-7-17/h6-7,9-10,12-14,16H,8,11H2,1-5H3,(H,24,25). The minimum atomic E-state index is -0.0453. The number of ether oxygens (including phenoxy) is 1. The molecular weight excluding hydrogens is 346 g/mol. The van der Waals surface area contributed by atoms with Gasteiger partial charge in [-0.25, -0.2) is 0 Å². The molecule has 0 radical (unpaired) electrons. The summed E-state index contributed by atoms with van der Waals surface area (Å²) in [5, 5.41) is 3.83. The molecule has 2 rings (SSSR count). The summed E-state index contributed by atoms with van der Waals surface area (Å²) in [7, 11) is 1.70. The van der Waals surface area contributed by atoms with E-state index in [-0.39, 0.29) is 11.9 Å². The summed E-state index contributed by atoms with van der Waals surface area (Å²) in [6.07, 6.45) is 1.16. The van der Waals surface area contributed by atoms with Crippen LogP contribution in [0.15, 0.2) is 36.4 Å². The van der Waals surface area contributed by atoms with Crippen LogP contribution in [0.4, 0.5) is 0 Å². The van der Waals surface area contributed by atoms with Crippen LogP contribution in [0, 0.1) is 6.92 Å². The second kappa shape index (κ2) is 9.09. The number of hydrogen-bond donors (Lipinski definition) is 1. The maximum Gasteiger partial charge on any atom is 0.220 e. The first-order valence-electron chi connectivity index (χ1n) is 9.04. The summed E-state index contributed by atoms with van der Waals surface area (Å²) in [4.78, 5) is 12.4.